The molecule has 132 valence electrons. The van der Waals surface area contributed by atoms with E-state index in [0.29, 0.717) is 22.6 Å². The molecule has 3 aromatic rings. The number of hydrogen-bond donors (Lipinski definition) is 0. The van der Waals surface area contributed by atoms with E-state index in [0.717, 1.165) is 11.3 Å². The zero-order valence-electron chi connectivity index (χ0n) is 14.6. The van der Waals surface area contributed by atoms with Crippen LogP contribution in [-0.4, -0.2) is 24.9 Å². The highest BCUT2D eigenvalue weighted by molar-refractivity contribution is 7.89. The number of rotatable bonds is 5. The Balaban J connectivity index is 2.01. The summed E-state index contributed by atoms with van der Waals surface area (Å²) >= 11 is 0. The van der Waals surface area contributed by atoms with Gasteiger partial charge >= 0.3 is 0 Å². The third-order valence-corrected chi connectivity index (χ3v) is 6.20. The van der Waals surface area contributed by atoms with Gasteiger partial charge in [-0.3, -0.25) is 0 Å². The van der Waals surface area contributed by atoms with Gasteiger partial charge in [0.25, 0.3) is 0 Å². The minimum atomic E-state index is -3.67. The quantitative estimate of drug-likeness (QED) is 0.694. The molecule has 2 aromatic heterocycles. The number of hydrogen-bond acceptors (Lipinski definition) is 5. The predicted molar refractivity (Wildman–Crippen MR) is 93.5 cm³/mol. The summed E-state index contributed by atoms with van der Waals surface area (Å²) in [6.45, 7) is 5.69. The Morgan fingerprint density at radius 2 is 1.92 bits per heavy atom. The maximum atomic E-state index is 13.0. The molecule has 0 aliphatic carbocycles. The van der Waals surface area contributed by atoms with Gasteiger partial charge in [-0.1, -0.05) is 17.3 Å². The van der Waals surface area contributed by atoms with E-state index in [1.807, 2.05) is 19.9 Å². The van der Waals surface area contributed by atoms with Crippen molar-refractivity contribution in [3.8, 4) is 11.3 Å². The highest BCUT2D eigenvalue weighted by Gasteiger charge is 2.25. The molecule has 1 aromatic carbocycles. The van der Waals surface area contributed by atoms with Crippen LogP contribution in [0.4, 0.5) is 0 Å². The molecule has 0 saturated heterocycles. The van der Waals surface area contributed by atoms with E-state index in [1.165, 1.54) is 17.6 Å². The summed E-state index contributed by atoms with van der Waals surface area (Å²) in [5, 5.41) is 3.94. The molecular formula is C18H20N2O4S. The minimum absolute atomic E-state index is 0.166. The molecule has 0 aliphatic heterocycles. The summed E-state index contributed by atoms with van der Waals surface area (Å²) in [5.74, 6) is 1.17. The average Bonchev–Trinajstić information content (AvgIpc) is 3.19. The third kappa shape index (κ3) is 3.25. The number of aromatic nitrogens is 1. The van der Waals surface area contributed by atoms with Gasteiger partial charge in [0.05, 0.1) is 23.4 Å². The van der Waals surface area contributed by atoms with Crippen LogP contribution < -0.4 is 0 Å². The monoisotopic (exact) mass is 360 g/mol. The van der Waals surface area contributed by atoms with Crippen LogP contribution in [0.2, 0.25) is 0 Å². The first-order valence-electron chi connectivity index (χ1n) is 7.83. The van der Waals surface area contributed by atoms with Gasteiger partial charge in [-0.2, -0.15) is 4.31 Å². The maximum Gasteiger partial charge on any atom is 0.243 e. The summed E-state index contributed by atoms with van der Waals surface area (Å²) in [5.41, 5.74) is 3.05. The van der Waals surface area contributed by atoms with E-state index < -0.39 is 10.0 Å². The number of sulfonamides is 1. The van der Waals surface area contributed by atoms with E-state index >= 15 is 0 Å². The summed E-state index contributed by atoms with van der Waals surface area (Å²) in [7, 11) is -2.14. The molecule has 0 unspecified atom stereocenters. The SMILES string of the molecule is Cc1ccc(-c2onc(C)c2C)cc1S(=O)(=O)N(C)Cc1ccco1. The van der Waals surface area contributed by atoms with Gasteiger partial charge in [0.2, 0.25) is 10.0 Å². The Hall–Kier alpha value is -2.38. The molecule has 0 fully saturated rings. The second-order valence-electron chi connectivity index (χ2n) is 6.04. The van der Waals surface area contributed by atoms with Crippen molar-refractivity contribution in [1.29, 1.82) is 0 Å². The second kappa shape index (κ2) is 6.50. The third-order valence-electron chi connectivity index (χ3n) is 4.25. The van der Waals surface area contributed by atoms with Crippen LogP contribution in [0.25, 0.3) is 11.3 Å². The van der Waals surface area contributed by atoms with Gasteiger partial charge in [0.15, 0.2) is 5.76 Å². The molecule has 2 heterocycles. The first-order valence-corrected chi connectivity index (χ1v) is 9.27. The summed E-state index contributed by atoms with van der Waals surface area (Å²) in [6, 6.07) is 8.73. The van der Waals surface area contributed by atoms with Gasteiger partial charge in [0, 0.05) is 18.2 Å². The zero-order valence-corrected chi connectivity index (χ0v) is 15.4. The molecule has 6 nitrogen and oxygen atoms in total. The normalized spacial score (nSPS) is 12.0. The van der Waals surface area contributed by atoms with E-state index in [-0.39, 0.29) is 11.4 Å². The number of benzene rings is 1. The van der Waals surface area contributed by atoms with Crippen LogP contribution >= 0.6 is 0 Å². The van der Waals surface area contributed by atoms with Crippen molar-refractivity contribution in [2.45, 2.75) is 32.2 Å². The van der Waals surface area contributed by atoms with E-state index in [2.05, 4.69) is 5.16 Å². The fourth-order valence-corrected chi connectivity index (χ4v) is 3.96. The fourth-order valence-electron chi connectivity index (χ4n) is 2.58. The predicted octanol–water partition coefficient (Wildman–Crippen LogP) is 3.68. The lowest BCUT2D eigenvalue weighted by atomic mass is 10.1. The van der Waals surface area contributed by atoms with E-state index in [4.69, 9.17) is 8.94 Å². The number of aryl methyl sites for hydroxylation is 2. The van der Waals surface area contributed by atoms with Gasteiger partial charge < -0.3 is 8.94 Å². The summed E-state index contributed by atoms with van der Waals surface area (Å²) < 4.78 is 37.9. The highest BCUT2D eigenvalue weighted by atomic mass is 32.2. The molecule has 0 radical (unpaired) electrons. The average molecular weight is 360 g/mol. The Morgan fingerprint density at radius 3 is 2.52 bits per heavy atom. The van der Waals surface area contributed by atoms with Crippen LogP contribution in [-0.2, 0) is 16.6 Å². The first-order chi connectivity index (χ1) is 11.8. The topological polar surface area (TPSA) is 76.6 Å². The zero-order chi connectivity index (χ0) is 18.2. The Morgan fingerprint density at radius 1 is 1.16 bits per heavy atom. The standard InChI is InChI=1S/C18H20N2O4S/c1-12-7-8-15(18-13(2)14(3)19-24-18)10-17(12)25(21,22)20(4)11-16-6-5-9-23-16/h5-10H,11H2,1-4H3. The van der Waals surface area contributed by atoms with E-state index in [1.54, 1.807) is 31.2 Å². The van der Waals surface area contributed by atoms with Gasteiger partial charge in [0.1, 0.15) is 5.76 Å². The van der Waals surface area contributed by atoms with Crippen molar-refractivity contribution in [2.24, 2.45) is 0 Å². The molecule has 0 atom stereocenters. The lowest BCUT2D eigenvalue weighted by Crippen LogP contribution is -2.27. The Bertz CT molecular complexity index is 988. The van der Waals surface area contributed by atoms with Crippen molar-refractivity contribution < 1.29 is 17.4 Å². The first kappa shape index (κ1) is 17.4. The molecule has 0 bridgehead atoms. The molecule has 3 rings (SSSR count). The summed E-state index contributed by atoms with van der Waals surface area (Å²) in [4.78, 5) is 0.243. The van der Waals surface area contributed by atoms with E-state index in [9.17, 15) is 8.42 Å². The van der Waals surface area contributed by atoms with Crippen molar-refractivity contribution in [2.75, 3.05) is 7.05 Å². The summed E-state index contributed by atoms with van der Waals surface area (Å²) in [6.07, 6.45) is 1.52. The van der Waals surface area contributed by atoms with Crippen molar-refractivity contribution in [1.82, 2.24) is 9.46 Å². The van der Waals surface area contributed by atoms with Gasteiger partial charge in [-0.05, 0) is 44.5 Å². The van der Waals surface area contributed by atoms with Crippen LogP contribution in [0, 0.1) is 20.8 Å². The Kier molecular flexibility index (Phi) is 4.53. The van der Waals surface area contributed by atoms with Crippen LogP contribution in [0.15, 0.2) is 50.4 Å². The molecule has 0 aliphatic rings. The minimum Gasteiger partial charge on any atom is -0.468 e. The smallest absolute Gasteiger partial charge is 0.243 e. The van der Waals surface area contributed by atoms with Crippen LogP contribution in [0.5, 0.6) is 0 Å². The van der Waals surface area contributed by atoms with Crippen LogP contribution in [0.1, 0.15) is 22.6 Å². The van der Waals surface area contributed by atoms with Crippen molar-refractivity contribution >= 4 is 10.0 Å². The molecule has 0 saturated carbocycles. The number of nitrogens with zero attached hydrogens (tertiary/aromatic N) is 2. The van der Waals surface area contributed by atoms with Gasteiger partial charge in [-0.15, -0.1) is 0 Å². The molecule has 0 amide bonds. The van der Waals surface area contributed by atoms with Crippen LogP contribution in [0.3, 0.4) is 0 Å². The van der Waals surface area contributed by atoms with Crippen molar-refractivity contribution in [3.63, 3.8) is 0 Å². The molecular weight excluding hydrogens is 340 g/mol. The molecule has 0 spiro atoms. The lowest BCUT2D eigenvalue weighted by molar-refractivity contribution is 0.406. The van der Waals surface area contributed by atoms with Gasteiger partial charge in [-0.25, -0.2) is 8.42 Å². The molecule has 25 heavy (non-hydrogen) atoms. The molecule has 0 N–H and O–H groups in total. The largest absolute Gasteiger partial charge is 0.468 e. The number of furan rings is 1. The fraction of sp³-hybridized carbons (Fsp3) is 0.278. The lowest BCUT2D eigenvalue weighted by Gasteiger charge is -2.18. The second-order valence-corrected chi connectivity index (χ2v) is 8.06. The van der Waals surface area contributed by atoms with Crippen molar-refractivity contribution in [3.05, 3.63) is 59.2 Å². The highest BCUT2D eigenvalue weighted by Crippen LogP contribution is 2.30. The Labute approximate surface area is 147 Å². The molecule has 7 heteroatoms. The maximum absolute atomic E-state index is 13.0.